The van der Waals surface area contributed by atoms with E-state index >= 15 is 0 Å². The third-order valence-electron chi connectivity index (χ3n) is 2.48. The Balaban J connectivity index is 0. The maximum absolute atomic E-state index is 3.32. The Hall–Kier alpha value is -0.288. The molecular weight excluding hydrogens is 211 g/mol. The van der Waals surface area contributed by atoms with Crippen LogP contribution in [-0.2, 0) is 10.8 Å². The summed E-state index contributed by atoms with van der Waals surface area (Å²) in [7, 11) is 0. The summed E-state index contributed by atoms with van der Waals surface area (Å²) < 4.78 is 0. The van der Waals surface area contributed by atoms with Gasteiger partial charge in [-0.05, 0) is 28.0 Å². The van der Waals surface area contributed by atoms with Crippen molar-refractivity contribution in [1.82, 2.24) is 0 Å². The average molecular weight is 237 g/mol. The molecular formula is C14H26AlO. The molecule has 0 fully saturated rings. The predicted octanol–water partition coefficient (Wildman–Crippen LogP) is 2.07. The van der Waals surface area contributed by atoms with Crippen LogP contribution in [-0.4, -0.2) is 22.8 Å². The van der Waals surface area contributed by atoms with Gasteiger partial charge in [0.2, 0.25) is 0 Å². The predicted molar refractivity (Wildman–Crippen MR) is 76.2 cm³/mol. The van der Waals surface area contributed by atoms with E-state index in [0.29, 0.717) is 0 Å². The van der Waals surface area contributed by atoms with E-state index in [1.54, 1.807) is 0 Å². The number of hydrogen-bond donors (Lipinski definition) is 0. The molecule has 2 N–H and O–H groups in total. The van der Waals surface area contributed by atoms with Crippen molar-refractivity contribution in [1.29, 1.82) is 0 Å². The van der Waals surface area contributed by atoms with Gasteiger partial charge in [-0.25, -0.2) is 0 Å². The summed E-state index contributed by atoms with van der Waals surface area (Å²) in [6, 6.07) is 9.80. The molecule has 91 valence electrons. The van der Waals surface area contributed by atoms with Gasteiger partial charge in [-0.15, -0.1) is 0 Å². The summed E-state index contributed by atoms with van der Waals surface area (Å²) >= 11 is 0. The lowest BCUT2D eigenvalue weighted by atomic mass is 9.81. The molecule has 1 rings (SSSR count). The highest BCUT2D eigenvalue weighted by molar-refractivity contribution is 5.75. The van der Waals surface area contributed by atoms with Crippen LogP contribution < -0.4 is 0 Å². The summed E-state index contributed by atoms with van der Waals surface area (Å²) in [5, 5.41) is 0. The second-order valence-electron chi connectivity index (χ2n) is 5.99. The molecule has 16 heavy (non-hydrogen) atoms. The van der Waals surface area contributed by atoms with E-state index < -0.39 is 0 Å². The highest BCUT2D eigenvalue weighted by atomic mass is 27.0. The van der Waals surface area contributed by atoms with Crippen LogP contribution in [0.1, 0.15) is 52.7 Å². The van der Waals surface area contributed by atoms with Gasteiger partial charge in [0.25, 0.3) is 0 Å². The first kappa shape index (κ1) is 18.1. The van der Waals surface area contributed by atoms with Gasteiger partial charge in [-0.3, -0.25) is 0 Å². The highest BCUT2D eigenvalue weighted by Gasteiger charge is 2.18. The Labute approximate surface area is 111 Å². The van der Waals surface area contributed by atoms with Gasteiger partial charge in [0, 0.05) is 0 Å². The fourth-order valence-corrected chi connectivity index (χ4v) is 1.37. The summed E-state index contributed by atoms with van der Waals surface area (Å²) in [5.74, 6) is 0. The Morgan fingerprint density at radius 3 is 1.81 bits per heavy atom. The molecule has 0 aliphatic carbocycles. The van der Waals surface area contributed by atoms with Crippen LogP contribution in [0.5, 0.6) is 0 Å². The van der Waals surface area contributed by atoms with Crippen molar-refractivity contribution in [3.8, 4) is 0 Å². The molecule has 1 radical (unpaired) electrons. The Bertz CT molecular complexity index is 289. The summed E-state index contributed by atoms with van der Waals surface area (Å²) in [6.45, 7) is 13.4. The van der Waals surface area contributed by atoms with E-state index in [-0.39, 0.29) is 33.7 Å². The molecule has 1 aromatic rings. The zero-order valence-corrected chi connectivity index (χ0v) is 10.7. The molecule has 1 aromatic carbocycles. The second kappa shape index (κ2) is 5.87. The third-order valence-corrected chi connectivity index (χ3v) is 2.48. The van der Waals surface area contributed by atoms with Crippen LogP contribution >= 0.6 is 0 Å². The first-order valence-corrected chi connectivity index (χ1v) is 5.24. The SMILES string of the molecule is CC(C)(C)c1[c]ccc(C(C)(C)C)c1.O.[AlH3]. The molecule has 0 saturated heterocycles. The number of hydrogen-bond acceptors (Lipinski definition) is 0. The zero-order valence-electron chi connectivity index (χ0n) is 10.7. The van der Waals surface area contributed by atoms with E-state index in [0.717, 1.165) is 0 Å². The van der Waals surface area contributed by atoms with Crippen LogP contribution in [0.3, 0.4) is 0 Å². The minimum absolute atomic E-state index is 0. The van der Waals surface area contributed by atoms with Gasteiger partial charge in [0.05, 0.1) is 0 Å². The van der Waals surface area contributed by atoms with Crippen LogP contribution in [0.2, 0.25) is 0 Å². The Kier molecular flexibility index (Phi) is 6.63. The van der Waals surface area contributed by atoms with Crippen LogP contribution in [0.15, 0.2) is 18.2 Å². The number of rotatable bonds is 0. The molecule has 0 aliphatic rings. The molecule has 0 atom stereocenters. The lowest BCUT2D eigenvalue weighted by Gasteiger charge is -2.24. The van der Waals surface area contributed by atoms with Gasteiger partial charge < -0.3 is 5.48 Å². The van der Waals surface area contributed by atoms with Crippen LogP contribution in [0.25, 0.3) is 0 Å². The molecule has 0 bridgehead atoms. The minimum atomic E-state index is 0. The summed E-state index contributed by atoms with van der Waals surface area (Å²) in [6.07, 6.45) is 0. The van der Waals surface area contributed by atoms with Crippen molar-refractivity contribution in [2.75, 3.05) is 0 Å². The van der Waals surface area contributed by atoms with Crippen LogP contribution in [0, 0.1) is 6.07 Å². The minimum Gasteiger partial charge on any atom is -0.412 e. The van der Waals surface area contributed by atoms with Crippen LogP contribution in [0.4, 0.5) is 0 Å². The second-order valence-corrected chi connectivity index (χ2v) is 5.99. The van der Waals surface area contributed by atoms with Gasteiger partial charge in [0.1, 0.15) is 0 Å². The molecule has 2 heteroatoms. The molecule has 0 aliphatic heterocycles. The lowest BCUT2D eigenvalue weighted by molar-refractivity contribution is 0.568. The van der Waals surface area contributed by atoms with E-state index in [1.165, 1.54) is 11.1 Å². The molecule has 0 spiro atoms. The Morgan fingerprint density at radius 2 is 1.44 bits per heavy atom. The largest absolute Gasteiger partial charge is 0.412 e. The van der Waals surface area contributed by atoms with Gasteiger partial charge in [-0.1, -0.05) is 59.7 Å². The summed E-state index contributed by atoms with van der Waals surface area (Å²) in [5.41, 5.74) is 3.11. The molecule has 0 unspecified atom stereocenters. The summed E-state index contributed by atoms with van der Waals surface area (Å²) in [4.78, 5) is 0. The topological polar surface area (TPSA) is 31.5 Å². The Morgan fingerprint density at radius 1 is 0.938 bits per heavy atom. The van der Waals surface area contributed by atoms with Crippen molar-refractivity contribution < 1.29 is 5.48 Å². The standard InChI is InChI=1S/C14H21.Al.H2O.3H/c1-13(2,3)11-8-7-9-12(10-11)14(4,5)6;;;;;/h7-8,10H,1-6H3;;1H2;;;. The molecule has 0 amide bonds. The van der Waals surface area contributed by atoms with Crippen molar-refractivity contribution in [3.05, 3.63) is 35.4 Å². The first-order valence-electron chi connectivity index (χ1n) is 5.24. The zero-order chi connectivity index (χ0) is 11.0. The number of benzene rings is 1. The van der Waals surface area contributed by atoms with Crippen molar-refractivity contribution in [2.45, 2.75) is 52.4 Å². The smallest absolute Gasteiger partial charge is 0.187 e. The van der Waals surface area contributed by atoms with Crippen molar-refractivity contribution in [3.63, 3.8) is 0 Å². The van der Waals surface area contributed by atoms with Gasteiger partial charge in [-0.2, -0.15) is 0 Å². The normalized spacial score (nSPS) is 11.4. The average Bonchev–Trinajstić information content (AvgIpc) is 2.01. The monoisotopic (exact) mass is 237 g/mol. The van der Waals surface area contributed by atoms with Crippen molar-refractivity contribution in [2.24, 2.45) is 0 Å². The molecule has 0 heterocycles. The van der Waals surface area contributed by atoms with Gasteiger partial charge >= 0.3 is 0 Å². The lowest BCUT2D eigenvalue weighted by Crippen LogP contribution is -2.15. The highest BCUT2D eigenvalue weighted by Crippen LogP contribution is 2.27. The third kappa shape index (κ3) is 4.70. The van der Waals surface area contributed by atoms with E-state index in [4.69, 9.17) is 0 Å². The van der Waals surface area contributed by atoms with E-state index in [9.17, 15) is 0 Å². The van der Waals surface area contributed by atoms with E-state index in [2.05, 4.69) is 59.7 Å². The van der Waals surface area contributed by atoms with Crippen molar-refractivity contribution >= 4 is 17.4 Å². The van der Waals surface area contributed by atoms with Gasteiger partial charge in [0.15, 0.2) is 17.4 Å². The fourth-order valence-electron chi connectivity index (χ4n) is 1.37. The fraction of sp³-hybridized carbons (Fsp3) is 0.571. The quantitative estimate of drug-likeness (QED) is 0.619. The maximum atomic E-state index is 3.32. The van der Waals surface area contributed by atoms with E-state index in [1.807, 2.05) is 6.07 Å². The molecule has 0 aromatic heterocycles. The first-order chi connectivity index (χ1) is 6.21. The molecule has 0 saturated carbocycles. The maximum Gasteiger partial charge on any atom is 0.187 e. The molecule has 1 nitrogen and oxygen atoms in total.